The van der Waals surface area contributed by atoms with Crippen molar-refractivity contribution in [1.82, 2.24) is 14.9 Å². The Morgan fingerprint density at radius 3 is 2.68 bits per heavy atom. The third-order valence-corrected chi connectivity index (χ3v) is 7.14. The van der Waals surface area contributed by atoms with Gasteiger partial charge < -0.3 is 0 Å². The summed E-state index contributed by atoms with van der Waals surface area (Å²) in [5.41, 5.74) is 3.62. The van der Waals surface area contributed by atoms with Crippen LogP contribution >= 0.6 is 11.3 Å². The molecule has 3 aromatic rings. The predicted octanol–water partition coefficient (Wildman–Crippen LogP) is 5.09. The number of thiazole rings is 1. The number of benzene rings is 1. The maximum Gasteiger partial charge on any atom is 0.0970 e. The Bertz CT molecular complexity index is 883. The molecule has 1 aromatic carbocycles. The summed E-state index contributed by atoms with van der Waals surface area (Å²) in [6.45, 7) is 3.69. The monoisotopic (exact) mass is 349 g/mol. The molecule has 0 amide bonds. The molecule has 0 bridgehead atoms. The lowest BCUT2D eigenvalue weighted by Gasteiger charge is -2.42. The van der Waals surface area contributed by atoms with Crippen molar-refractivity contribution in [1.29, 1.82) is 0 Å². The van der Waals surface area contributed by atoms with E-state index in [1.807, 2.05) is 23.7 Å². The van der Waals surface area contributed by atoms with E-state index in [1.165, 1.54) is 53.1 Å². The number of hydrogen-bond donors (Lipinski definition) is 0. The van der Waals surface area contributed by atoms with Gasteiger partial charge in [0, 0.05) is 30.4 Å². The van der Waals surface area contributed by atoms with Crippen LogP contribution in [0.1, 0.15) is 43.5 Å². The quantitative estimate of drug-likeness (QED) is 0.659. The van der Waals surface area contributed by atoms with Crippen LogP contribution in [0.3, 0.4) is 0 Å². The zero-order valence-electron chi connectivity index (χ0n) is 14.6. The van der Waals surface area contributed by atoms with E-state index >= 15 is 0 Å². The van der Waals surface area contributed by atoms with Crippen LogP contribution in [0.5, 0.6) is 0 Å². The number of pyridine rings is 1. The third-order valence-electron chi connectivity index (χ3n) is 5.95. The second-order valence-electron chi connectivity index (χ2n) is 7.52. The molecule has 25 heavy (non-hydrogen) atoms. The molecule has 1 saturated heterocycles. The molecule has 0 N–H and O–H groups in total. The van der Waals surface area contributed by atoms with E-state index in [2.05, 4.69) is 47.1 Å². The number of fused-ring (bicyclic) bond motifs is 1. The lowest BCUT2D eigenvalue weighted by Crippen LogP contribution is -2.45. The average molecular weight is 350 g/mol. The molecule has 5 rings (SSSR count). The highest BCUT2D eigenvalue weighted by atomic mass is 32.1. The first-order valence-corrected chi connectivity index (χ1v) is 10.2. The van der Waals surface area contributed by atoms with Gasteiger partial charge in [0.25, 0.3) is 0 Å². The van der Waals surface area contributed by atoms with Crippen molar-refractivity contribution in [3.8, 4) is 11.1 Å². The summed E-state index contributed by atoms with van der Waals surface area (Å²) >= 11 is 1.89. The van der Waals surface area contributed by atoms with Crippen molar-refractivity contribution in [2.45, 2.75) is 50.6 Å². The van der Waals surface area contributed by atoms with Crippen molar-refractivity contribution in [2.75, 3.05) is 6.54 Å². The molecule has 1 atom stereocenters. The smallest absolute Gasteiger partial charge is 0.0970 e. The summed E-state index contributed by atoms with van der Waals surface area (Å²) in [6.07, 6.45) is 9.04. The molecule has 0 spiro atoms. The average Bonchev–Trinajstić information content (AvgIpc) is 3.20. The van der Waals surface area contributed by atoms with Crippen molar-refractivity contribution in [2.24, 2.45) is 0 Å². The molecular weight excluding hydrogens is 326 g/mol. The van der Waals surface area contributed by atoms with Crippen molar-refractivity contribution in [3.63, 3.8) is 0 Å². The van der Waals surface area contributed by atoms with E-state index in [-0.39, 0.29) is 0 Å². The number of hydrogen-bond acceptors (Lipinski definition) is 4. The Morgan fingerprint density at radius 2 is 1.92 bits per heavy atom. The Morgan fingerprint density at radius 1 is 1.08 bits per heavy atom. The molecule has 2 aliphatic rings. The predicted molar refractivity (Wildman–Crippen MR) is 104 cm³/mol. The van der Waals surface area contributed by atoms with Crippen LogP contribution in [0.2, 0.25) is 0 Å². The number of rotatable bonds is 3. The van der Waals surface area contributed by atoms with Crippen molar-refractivity contribution in [3.05, 3.63) is 47.7 Å². The zero-order chi connectivity index (χ0) is 16.8. The van der Waals surface area contributed by atoms with Gasteiger partial charge in [-0.05, 0) is 74.5 Å². The van der Waals surface area contributed by atoms with E-state index in [0.29, 0.717) is 5.92 Å². The normalized spacial score (nSPS) is 26.8. The van der Waals surface area contributed by atoms with Gasteiger partial charge in [0.15, 0.2) is 0 Å². The minimum Gasteiger partial charge on any atom is -0.298 e. The van der Waals surface area contributed by atoms with Crippen molar-refractivity contribution < 1.29 is 0 Å². The standard InChI is InChI=1S/C21H23N3S/c1-14-3-2-10-24(14)18-11-17(12-18)21-23-19-5-4-16(13-20(19)25-21)15-6-8-22-9-7-15/h4-9,13-14,17-18H,2-3,10-12H2,1H3. The highest BCUT2D eigenvalue weighted by Crippen LogP contribution is 2.44. The lowest BCUT2D eigenvalue weighted by molar-refractivity contribution is 0.103. The number of likely N-dealkylation sites (tertiary alicyclic amines) is 1. The largest absolute Gasteiger partial charge is 0.298 e. The highest BCUT2D eigenvalue weighted by molar-refractivity contribution is 7.18. The van der Waals surface area contributed by atoms with Gasteiger partial charge in [0.2, 0.25) is 0 Å². The highest BCUT2D eigenvalue weighted by Gasteiger charge is 2.39. The maximum absolute atomic E-state index is 4.94. The van der Waals surface area contributed by atoms with E-state index < -0.39 is 0 Å². The molecule has 2 aromatic heterocycles. The van der Waals surface area contributed by atoms with Crippen LogP contribution in [-0.4, -0.2) is 33.5 Å². The van der Waals surface area contributed by atoms with Gasteiger partial charge in [0.05, 0.1) is 15.2 Å². The van der Waals surface area contributed by atoms with Crippen molar-refractivity contribution >= 4 is 21.6 Å². The van der Waals surface area contributed by atoms with Crippen LogP contribution in [-0.2, 0) is 0 Å². The molecule has 2 fully saturated rings. The first-order valence-electron chi connectivity index (χ1n) is 9.34. The topological polar surface area (TPSA) is 29.0 Å². The Kier molecular flexibility index (Phi) is 3.83. The summed E-state index contributed by atoms with van der Waals surface area (Å²) < 4.78 is 1.31. The Balaban J connectivity index is 1.35. The van der Waals surface area contributed by atoms with Crippen LogP contribution in [0, 0.1) is 0 Å². The van der Waals surface area contributed by atoms with Gasteiger partial charge in [-0.3, -0.25) is 9.88 Å². The van der Waals surface area contributed by atoms with Crippen LogP contribution in [0.25, 0.3) is 21.3 Å². The maximum atomic E-state index is 4.94. The molecule has 3 heterocycles. The molecule has 1 unspecified atom stereocenters. The summed E-state index contributed by atoms with van der Waals surface area (Å²) in [5, 5.41) is 1.34. The van der Waals surface area contributed by atoms with E-state index in [4.69, 9.17) is 4.98 Å². The summed E-state index contributed by atoms with van der Waals surface area (Å²) in [5.74, 6) is 0.666. The number of nitrogens with zero attached hydrogens (tertiary/aromatic N) is 3. The van der Waals surface area contributed by atoms with Crippen LogP contribution in [0.15, 0.2) is 42.7 Å². The molecule has 128 valence electrons. The van der Waals surface area contributed by atoms with Gasteiger partial charge in [0.1, 0.15) is 0 Å². The van der Waals surface area contributed by atoms with Gasteiger partial charge in [-0.2, -0.15) is 0 Å². The molecular formula is C21H23N3S. The summed E-state index contributed by atoms with van der Waals surface area (Å²) in [6, 6.07) is 12.3. The zero-order valence-corrected chi connectivity index (χ0v) is 15.4. The lowest BCUT2D eigenvalue weighted by atomic mass is 9.79. The fourth-order valence-electron chi connectivity index (χ4n) is 4.40. The molecule has 1 aliphatic carbocycles. The van der Waals surface area contributed by atoms with E-state index in [9.17, 15) is 0 Å². The summed E-state index contributed by atoms with van der Waals surface area (Å²) in [4.78, 5) is 11.8. The first kappa shape index (κ1) is 15.5. The minimum atomic E-state index is 0.666. The molecule has 4 heteroatoms. The molecule has 0 radical (unpaired) electrons. The van der Waals surface area contributed by atoms with Gasteiger partial charge in [-0.1, -0.05) is 6.07 Å². The van der Waals surface area contributed by atoms with Gasteiger partial charge in [-0.15, -0.1) is 11.3 Å². The molecule has 1 aliphatic heterocycles. The third kappa shape index (κ3) is 2.77. The van der Waals surface area contributed by atoms with Crippen LogP contribution < -0.4 is 0 Å². The SMILES string of the molecule is CC1CCCN1C1CC(c2nc3ccc(-c4ccncc4)cc3s2)C1. The van der Waals surface area contributed by atoms with Crippen LogP contribution in [0.4, 0.5) is 0 Å². The molecule has 3 nitrogen and oxygen atoms in total. The second-order valence-corrected chi connectivity index (χ2v) is 8.58. The van der Waals surface area contributed by atoms with E-state index in [1.54, 1.807) is 0 Å². The Hall–Kier alpha value is -1.78. The fraction of sp³-hybridized carbons (Fsp3) is 0.429. The van der Waals surface area contributed by atoms with Gasteiger partial charge >= 0.3 is 0 Å². The van der Waals surface area contributed by atoms with Gasteiger partial charge in [-0.25, -0.2) is 4.98 Å². The Labute approximate surface area is 152 Å². The fourth-order valence-corrected chi connectivity index (χ4v) is 5.53. The number of aromatic nitrogens is 2. The summed E-state index contributed by atoms with van der Waals surface area (Å²) in [7, 11) is 0. The minimum absolute atomic E-state index is 0.666. The second kappa shape index (κ2) is 6.19. The molecule has 1 saturated carbocycles. The van der Waals surface area contributed by atoms with E-state index in [0.717, 1.165) is 17.6 Å². The first-order chi connectivity index (χ1) is 12.3.